The number of nitrogens with zero attached hydrogens (tertiary/aromatic N) is 1. The second-order valence-corrected chi connectivity index (χ2v) is 6.52. The average molecular weight is 309 g/mol. The summed E-state index contributed by atoms with van der Waals surface area (Å²) in [5.74, 6) is -0.793. The lowest BCUT2D eigenvalue weighted by Crippen LogP contribution is -2.24. The van der Waals surface area contributed by atoms with Crippen LogP contribution in [0, 0.1) is 19.7 Å². The molecule has 3 N–H and O–H groups in total. The number of nitrogen functional groups attached to an aromatic ring is 1. The van der Waals surface area contributed by atoms with Crippen LogP contribution >= 0.6 is 0 Å². The minimum atomic E-state index is -3.98. The maximum Gasteiger partial charge on any atom is 0.243 e. The number of aryl methyl sites for hydroxylation is 2. The first-order chi connectivity index (χ1) is 9.79. The molecule has 0 radical (unpaired) electrons. The van der Waals surface area contributed by atoms with Crippen molar-refractivity contribution in [1.82, 2.24) is 9.71 Å². The van der Waals surface area contributed by atoms with Gasteiger partial charge in [-0.25, -0.2) is 17.5 Å². The normalized spacial score (nSPS) is 11.6. The van der Waals surface area contributed by atoms with Crippen LogP contribution < -0.4 is 10.5 Å². The van der Waals surface area contributed by atoms with Crippen molar-refractivity contribution in [3.8, 4) is 0 Å². The van der Waals surface area contributed by atoms with E-state index in [1.807, 2.05) is 6.92 Å². The van der Waals surface area contributed by atoms with Crippen LogP contribution in [-0.4, -0.2) is 13.4 Å². The standard InChI is InChI=1S/C14H16FN3O2S/c1-9-5-12(16)6-13(14(9)15)21(19,20)18-8-11-4-3-10(2)17-7-11/h3-7,18H,8,16H2,1-2H3. The Kier molecular flexibility index (Phi) is 4.24. The van der Waals surface area contributed by atoms with Gasteiger partial charge in [0, 0.05) is 24.1 Å². The highest BCUT2D eigenvalue weighted by molar-refractivity contribution is 7.89. The van der Waals surface area contributed by atoms with Gasteiger partial charge in [-0.15, -0.1) is 0 Å². The number of rotatable bonds is 4. The molecule has 0 bridgehead atoms. The first-order valence-corrected chi connectivity index (χ1v) is 7.75. The van der Waals surface area contributed by atoms with E-state index in [4.69, 9.17) is 5.73 Å². The minimum Gasteiger partial charge on any atom is -0.399 e. The van der Waals surface area contributed by atoms with E-state index in [0.717, 1.165) is 11.8 Å². The zero-order valence-electron chi connectivity index (χ0n) is 11.7. The Hall–Kier alpha value is -1.99. The van der Waals surface area contributed by atoms with Crippen molar-refractivity contribution >= 4 is 15.7 Å². The van der Waals surface area contributed by atoms with Crippen molar-refractivity contribution in [1.29, 1.82) is 0 Å². The molecule has 0 spiro atoms. The van der Waals surface area contributed by atoms with Crippen LogP contribution in [-0.2, 0) is 16.6 Å². The molecule has 2 rings (SSSR count). The quantitative estimate of drug-likeness (QED) is 0.845. The topological polar surface area (TPSA) is 85.1 Å². The lowest BCUT2D eigenvalue weighted by molar-refractivity contribution is 0.553. The number of hydrogen-bond acceptors (Lipinski definition) is 4. The molecule has 0 fully saturated rings. The van der Waals surface area contributed by atoms with E-state index in [0.29, 0.717) is 5.56 Å². The van der Waals surface area contributed by atoms with E-state index < -0.39 is 20.7 Å². The number of hydrogen-bond donors (Lipinski definition) is 2. The molecule has 0 amide bonds. The van der Waals surface area contributed by atoms with Gasteiger partial charge in [0.25, 0.3) is 0 Å². The molecule has 0 atom stereocenters. The van der Waals surface area contributed by atoms with Crippen LogP contribution in [0.5, 0.6) is 0 Å². The van der Waals surface area contributed by atoms with E-state index in [-0.39, 0.29) is 17.8 Å². The van der Waals surface area contributed by atoms with Gasteiger partial charge in [-0.1, -0.05) is 6.07 Å². The van der Waals surface area contributed by atoms with Crippen molar-refractivity contribution in [3.63, 3.8) is 0 Å². The summed E-state index contributed by atoms with van der Waals surface area (Å²) in [6, 6.07) is 6.02. The molecule has 1 aromatic carbocycles. The molecule has 0 aliphatic carbocycles. The molecule has 2 aromatic rings. The summed E-state index contributed by atoms with van der Waals surface area (Å²) >= 11 is 0. The number of aromatic nitrogens is 1. The third kappa shape index (κ3) is 3.56. The SMILES string of the molecule is Cc1ccc(CNS(=O)(=O)c2cc(N)cc(C)c2F)cn1. The van der Waals surface area contributed by atoms with Crippen LogP contribution in [0.15, 0.2) is 35.4 Å². The van der Waals surface area contributed by atoms with Crippen molar-refractivity contribution in [2.24, 2.45) is 0 Å². The Morgan fingerprint density at radius 2 is 2.00 bits per heavy atom. The van der Waals surface area contributed by atoms with Crippen molar-refractivity contribution in [2.45, 2.75) is 25.3 Å². The number of benzene rings is 1. The van der Waals surface area contributed by atoms with Crippen LogP contribution in [0.25, 0.3) is 0 Å². The van der Waals surface area contributed by atoms with Crippen molar-refractivity contribution in [2.75, 3.05) is 5.73 Å². The van der Waals surface area contributed by atoms with E-state index in [2.05, 4.69) is 9.71 Å². The Bertz CT molecular complexity index is 759. The molecule has 1 aromatic heterocycles. The maximum atomic E-state index is 14.0. The summed E-state index contributed by atoms with van der Waals surface area (Å²) in [6.45, 7) is 3.33. The predicted octanol–water partition coefficient (Wildman–Crippen LogP) is 1.90. The summed E-state index contributed by atoms with van der Waals surface area (Å²) in [5.41, 5.74) is 7.49. The first kappa shape index (κ1) is 15.4. The molecule has 0 aliphatic rings. The smallest absolute Gasteiger partial charge is 0.243 e. The fraction of sp³-hybridized carbons (Fsp3) is 0.214. The van der Waals surface area contributed by atoms with E-state index in [1.54, 1.807) is 18.3 Å². The summed E-state index contributed by atoms with van der Waals surface area (Å²) < 4.78 is 40.7. The number of halogens is 1. The number of pyridine rings is 1. The molecular weight excluding hydrogens is 293 g/mol. The van der Waals surface area contributed by atoms with Gasteiger partial charge in [0.15, 0.2) is 0 Å². The Morgan fingerprint density at radius 1 is 1.29 bits per heavy atom. The van der Waals surface area contributed by atoms with Crippen molar-refractivity contribution < 1.29 is 12.8 Å². The van der Waals surface area contributed by atoms with Gasteiger partial charge in [-0.3, -0.25) is 4.98 Å². The van der Waals surface area contributed by atoms with Gasteiger partial charge in [0.2, 0.25) is 10.0 Å². The fourth-order valence-electron chi connectivity index (χ4n) is 1.82. The van der Waals surface area contributed by atoms with Gasteiger partial charge in [0.1, 0.15) is 10.7 Å². The molecule has 5 nitrogen and oxygen atoms in total. The Labute approximate surface area is 123 Å². The third-order valence-electron chi connectivity index (χ3n) is 2.97. The van der Waals surface area contributed by atoms with Gasteiger partial charge in [-0.05, 0) is 43.2 Å². The molecule has 0 unspecified atom stereocenters. The van der Waals surface area contributed by atoms with Crippen LogP contribution in [0.2, 0.25) is 0 Å². The second kappa shape index (κ2) is 5.79. The summed E-state index contributed by atoms with van der Waals surface area (Å²) in [4.78, 5) is 3.63. The zero-order valence-corrected chi connectivity index (χ0v) is 12.5. The van der Waals surface area contributed by atoms with Crippen LogP contribution in [0.3, 0.4) is 0 Å². The number of nitrogens with one attached hydrogen (secondary N) is 1. The Morgan fingerprint density at radius 3 is 2.62 bits per heavy atom. The largest absolute Gasteiger partial charge is 0.399 e. The average Bonchev–Trinajstić information content (AvgIpc) is 2.42. The maximum absolute atomic E-state index is 14.0. The monoisotopic (exact) mass is 309 g/mol. The lowest BCUT2D eigenvalue weighted by Gasteiger charge is -2.10. The molecule has 1 heterocycles. The number of nitrogens with two attached hydrogens (primary N) is 1. The predicted molar refractivity (Wildman–Crippen MR) is 78.5 cm³/mol. The summed E-state index contributed by atoms with van der Waals surface area (Å²) in [5, 5.41) is 0. The lowest BCUT2D eigenvalue weighted by atomic mass is 10.2. The summed E-state index contributed by atoms with van der Waals surface area (Å²) in [7, 11) is -3.98. The highest BCUT2D eigenvalue weighted by atomic mass is 32.2. The molecule has 0 saturated heterocycles. The minimum absolute atomic E-state index is 0.0307. The van der Waals surface area contributed by atoms with Crippen molar-refractivity contribution in [3.05, 3.63) is 53.1 Å². The highest BCUT2D eigenvalue weighted by Gasteiger charge is 2.20. The molecule has 7 heteroatoms. The second-order valence-electron chi connectivity index (χ2n) is 4.78. The van der Waals surface area contributed by atoms with Crippen LogP contribution in [0.4, 0.5) is 10.1 Å². The summed E-state index contributed by atoms with van der Waals surface area (Å²) in [6.07, 6.45) is 1.57. The molecule has 112 valence electrons. The van der Waals surface area contributed by atoms with Gasteiger partial charge >= 0.3 is 0 Å². The molecular formula is C14H16FN3O2S. The zero-order chi connectivity index (χ0) is 15.6. The molecule has 0 saturated carbocycles. The van der Waals surface area contributed by atoms with Crippen LogP contribution in [0.1, 0.15) is 16.8 Å². The molecule has 0 aliphatic heterocycles. The van der Waals surface area contributed by atoms with E-state index in [9.17, 15) is 12.8 Å². The van der Waals surface area contributed by atoms with E-state index >= 15 is 0 Å². The van der Waals surface area contributed by atoms with E-state index in [1.165, 1.54) is 13.0 Å². The first-order valence-electron chi connectivity index (χ1n) is 6.26. The van der Waals surface area contributed by atoms with Gasteiger partial charge in [-0.2, -0.15) is 0 Å². The fourth-order valence-corrected chi connectivity index (χ4v) is 3.02. The highest BCUT2D eigenvalue weighted by Crippen LogP contribution is 2.21. The third-order valence-corrected chi connectivity index (χ3v) is 4.37. The number of anilines is 1. The van der Waals surface area contributed by atoms with Gasteiger partial charge < -0.3 is 5.73 Å². The Balaban J connectivity index is 2.25. The van der Waals surface area contributed by atoms with Gasteiger partial charge in [0.05, 0.1) is 0 Å². The molecule has 21 heavy (non-hydrogen) atoms. The number of sulfonamides is 1.